The Labute approximate surface area is 83.7 Å². The highest BCUT2D eigenvalue weighted by molar-refractivity contribution is 4.71. The van der Waals surface area contributed by atoms with Crippen molar-refractivity contribution >= 4 is 0 Å². The maximum absolute atomic E-state index is 3.50. The topological polar surface area (TPSA) is 15.3 Å². The third-order valence-electron chi connectivity index (χ3n) is 2.51. The number of hydrogen-bond acceptors (Lipinski definition) is 2. The first-order valence-electron chi connectivity index (χ1n) is 5.55. The minimum Gasteiger partial charge on any atom is -0.313 e. The summed E-state index contributed by atoms with van der Waals surface area (Å²) < 4.78 is 0. The van der Waals surface area contributed by atoms with E-state index in [-0.39, 0.29) is 0 Å². The molecular weight excluding hydrogens is 160 g/mol. The predicted octanol–water partition coefficient (Wildman–Crippen LogP) is 2.10. The van der Waals surface area contributed by atoms with Crippen LogP contribution in [0.1, 0.15) is 40.5 Å². The van der Waals surface area contributed by atoms with Crippen LogP contribution in [-0.4, -0.2) is 37.1 Å². The van der Waals surface area contributed by atoms with Gasteiger partial charge in [-0.2, -0.15) is 0 Å². The van der Waals surface area contributed by atoms with Crippen molar-refractivity contribution in [3.05, 3.63) is 0 Å². The zero-order valence-corrected chi connectivity index (χ0v) is 9.93. The molecule has 0 spiro atoms. The summed E-state index contributed by atoms with van der Waals surface area (Å²) in [4.78, 5) is 2.43. The van der Waals surface area contributed by atoms with E-state index in [2.05, 4.69) is 45.0 Å². The summed E-state index contributed by atoms with van der Waals surface area (Å²) in [7, 11) is 2.21. The average Bonchev–Trinajstić information content (AvgIpc) is 2.10. The zero-order valence-electron chi connectivity index (χ0n) is 9.93. The van der Waals surface area contributed by atoms with Crippen LogP contribution >= 0.6 is 0 Å². The van der Waals surface area contributed by atoms with Gasteiger partial charge in [-0.05, 0) is 20.0 Å². The predicted molar refractivity (Wildman–Crippen MR) is 60.1 cm³/mol. The molecule has 0 rings (SSSR count). The number of rotatable bonds is 7. The molecular formula is C11H26N2. The molecule has 0 aromatic carbocycles. The van der Waals surface area contributed by atoms with E-state index >= 15 is 0 Å². The highest BCUT2D eigenvalue weighted by Crippen LogP contribution is 2.03. The number of hydrogen-bond donors (Lipinski definition) is 1. The van der Waals surface area contributed by atoms with Crippen LogP contribution in [-0.2, 0) is 0 Å². The minimum absolute atomic E-state index is 0.601. The lowest BCUT2D eigenvalue weighted by atomic mass is 10.1. The fourth-order valence-corrected chi connectivity index (χ4v) is 1.44. The third-order valence-corrected chi connectivity index (χ3v) is 2.51. The number of likely N-dealkylation sites (N-methyl/N-ethyl adjacent to an activating group) is 1. The van der Waals surface area contributed by atoms with Gasteiger partial charge in [0.15, 0.2) is 0 Å². The van der Waals surface area contributed by atoms with Crippen molar-refractivity contribution in [2.24, 2.45) is 0 Å². The molecule has 2 heteroatoms. The molecule has 1 N–H and O–H groups in total. The Hall–Kier alpha value is -0.0800. The summed E-state index contributed by atoms with van der Waals surface area (Å²) in [6.07, 6.45) is 2.57. The van der Waals surface area contributed by atoms with Crippen LogP contribution in [0.5, 0.6) is 0 Å². The van der Waals surface area contributed by atoms with E-state index < -0.39 is 0 Å². The maximum Gasteiger partial charge on any atom is 0.0217 e. The largest absolute Gasteiger partial charge is 0.313 e. The van der Waals surface area contributed by atoms with Gasteiger partial charge in [0.1, 0.15) is 0 Å². The zero-order chi connectivity index (χ0) is 10.3. The molecule has 0 bridgehead atoms. The molecule has 1 atom stereocenters. The molecule has 0 heterocycles. The van der Waals surface area contributed by atoms with E-state index in [1.54, 1.807) is 0 Å². The van der Waals surface area contributed by atoms with Gasteiger partial charge in [0, 0.05) is 18.6 Å². The molecule has 0 aromatic heterocycles. The van der Waals surface area contributed by atoms with E-state index in [0.29, 0.717) is 12.1 Å². The highest BCUT2D eigenvalue weighted by atomic mass is 15.1. The van der Waals surface area contributed by atoms with Gasteiger partial charge in [-0.15, -0.1) is 0 Å². The van der Waals surface area contributed by atoms with Gasteiger partial charge in [0.05, 0.1) is 0 Å². The van der Waals surface area contributed by atoms with Crippen LogP contribution < -0.4 is 5.32 Å². The molecule has 0 aliphatic rings. The van der Waals surface area contributed by atoms with E-state index in [9.17, 15) is 0 Å². The van der Waals surface area contributed by atoms with E-state index in [1.807, 2.05) is 0 Å². The number of nitrogens with zero attached hydrogens (tertiary/aromatic N) is 1. The lowest BCUT2D eigenvalue weighted by molar-refractivity contribution is 0.229. The highest BCUT2D eigenvalue weighted by Gasteiger charge is 2.11. The second-order valence-electron chi connectivity index (χ2n) is 4.08. The fraction of sp³-hybridized carbons (Fsp3) is 1.00. The normalized spacial score (nSPS) is 14.1. The van der Waals surface area contributed by atoms with Crippen molar-refractivity contribution in [1.82, 2.24) is 10.2 Å². The van der Waals surface area contributed by atoms with Crippen LogP contribution in [0, 0.1) is 0 Å². The summed E-state index contributed by atoms with van der Waals surface area (Å²) >= 11 is 0. The summed E-state index contributed by atoms with van der Waals surface area (Å²) in [5.41, 5.74) is 0. The van der Waals surface area contributed by atoms with Gasteiger partial charge in [0.2, 0.25) is 0 Å². The van der Waals surface area contributed by atoms with E-state index in [1.165, 1.54) is 12.8 Å². The van der Waals surface area contributed by atoms with Crippen molar-refractivity contribution in [3.8, 4) is 0 Å². The lowest BCUT2D eigenvalue weighted by Crippen LogP contribution is -2.41. The molecule has 0 aromatic rings. The van der Waals surface area contributed by atoms with E-state index in [0.717, 1.165) is 13.1 Å². The lowest BCUT2D eigenvalue weighted by Gasteiger charge is -2.27. The maximum atomic E-state index is 3.50. The molecule has 0 aliphatic heterocycles. The quantitative estimate of drug-likeness (QED) is 0.655. The van der Waals surface area contributed by atoms with Gasteiger partial charge in [-0.25, -0.2) is 0 Å². The SMILES string of the molecule is CCCC(CNC(C)C)N(C)CC. The smallest absolute Gasteiger partial charge is 0.0217 e. The molecule has 0 aliphatic carbocycles. The third kappa shape index (κ3) is 6.05. The van der Waals surface area contributed by atoms with Crippen LogP contribution in [0.3, 0.4) is 0 Å². The Morgan fingerprint density at radius 2 is 1.85 bits per heavy atom. The molecule has 0 amide bonds. The summed E-state index contributed by atoms with van der Waals surface area (Å²) in [5, 5.41) is 3.50. The summed E-state index contributed by atoms with van der Waals surface area (Å²) in [6.45, 7) is 11.1. The van der Waals surface area contributed by atoms with Crippen molar-refractivity contribution < 1.29 is 0 Å². The standard InChI is InChI=1S/C11H26N2/c1-6-8-11(13(5)7-2)9-12-10(3)4/h10-12H,6-9H2,1-5H3. The van der Waals surface area contributed by atoms with Gasteiger partial charge < -0.3 is 10.2 Å². The molecule has 0 radical (unpaired) electrons. The van der Waals surface area contributed by atoms with Crippen LogP contribution in [0.4, 0.5) is 0 Å². The number of nitrogens with one attached hydrogen (secondary N) is 1. The molecule has 13 heavy (non-hydrogen) atoms. The van der Waals surface area contributed by atoms with Crippen LogP contribution in [0.25, 0.3) is 0 Å². The summed E-state index contributed by atoms with van der Waals surface area (Å²) in [5.74, 6) is 0. The molecule has 0 saturated heterocycles. The van der Waals surface area contributed by atoms with E-state index in [4.69, 9.17) is 0 Å². The second-order valence-corrected chi connectivity index (χ2v) is 4.08. The summed E-state index contributed by atoms with van der Waals surface area (Å²) in [6, 6.07) is 1.31. The minimum atomic E-state index is 0.601. The van der Waals surface area contributed by atoms with Gasteiger partial charge >= 0.3 is 0 Å². The van der Waals surface area contributed by atoms with Crippen molar-refractivity contribution in [2.45, 2.75) is 52.6 Å². The average molecular weight is 186 g/mol. The first-order chi connectivity index (χ1) is 6.11. The molecule has 0 fully saturated rings. The molecule has 0 saturated carbocycles. The first kappa shape index (κ1) is 12.9. The Morgan fingerprint density at radius 1 is 1.23 bits per heavy atom. The Bertz CT molecular complexity index is 113. The molecule has 2 nitrogen and oxygen atoms in total. The van der Waals surface area contributed by atoms with Gasteiger partial charge in [0.25, 0.3) is 0 Å². The van der Waals surface area contributed by atoms with Crippen LogP contribution in [0.2, 0.25) is 0 Å². The Morgan fingerprint density at radius 3 is 2.23 bits per heavy atom. The van der Waals surface area contributed by atoms with Crippen molar-refractivity contribution in [2.75, 3.05) is 20.1 Å². The fourth-order valence-electron chi connectivity index (χ4n) is 1.44. The second kappa shape index (κ2) is 7.34. The molecule has 1 unspecified atom stereocenters. The van der Waals surface area contributed by atoms with Crippen molar-refractivity contribution in [1.29, 1.82) is 0 Å². The van der Waals surface area contributed by atoms with Crippen molar-refractivity contribution in [3.63, 3.8) is 0 Å². The van der Waals surface area contributed by atoms with Crippen LogP contribution in [0.15, 0.2) is 0 Å². The monoisotopic (exact) mass is 186 g/mol. The van der Waals surface area contributed by atoms with Gasteiger partial charge in [-0.1, -0.05) is 34.1 Å². The first-order valence-corrected chi connectivity index (χ1v) is 5.55. The Balaban J connectivity index is 3.79. The molecule has 80 valence electrons. The van der Waals surface area contributed by atoms with Gasteiger partial charge in [-0.3, -0.25) is 0 Å². The Kier molecular flexibility index (Phi) is 7.29.